The molecule has 1 atom stereocenters. The molecule has 0 saturated heterocycles. The SMILES string of the molecule is CC(C)NC(=O)[C@@H](Cc1ccccc1)N(Cc1cccc(Br)c1)C(=O)CN(c1ccc(F)c(F)c1)S(C)(=O)=O. The third-order valence-electron chi connectivity index (χ3n) is 5.81. The normalized spacial score (nSPS) is 12.2. The lowest BCUT2D eigenvalue weighted by Crippen LogP contribution is -2.54. The summed E-state index contributed by atoms with van der Waals surface area (Å²) >= 11 is 3.41. The van der Waals surface area contributed by atoms with Crippen molar-refractivity contribution < 1.29 is 26.8 Å². The third-order valence-corrected chi connectivity index (χ3v) is 7.45. The molecule has 0 bridgehead atoms. The summed E-state index contributed by atoms with van der Waals surface area (Å²) in [6, 6.07) is 17.7. The number of nitrogens with zero attached hydrogens (tertiary/aromatic N) is 2. The van der Waals surface area contributed by atoms with Crippen LogP contribution in [0.4, 0.5) is 14.5 Å². The zero-order valence-electron chi connectivity index (χ0n) is 21.8. The van der Waals surface area contributed by atoms with E-state index in [1.54, 1.807) is 32.0 Å². The molecule has 0 radical (unpaired) electrons. The van der Waals surface area contributed by atoms with Gasteiger partial charge in [0.15, 0.2) is 11.6 Å². The first-order chi connectivity index (χ1) is 18.3. The van der Waals surface area contributed by atoms with Crippen LogP contribution in [0.1, 0.15) is 25.0 Å². The molecule has 0 heterocycles. The number of halogens is 3. The van der Waals surface area contributed by atoms with Crippen molar-refractivity contribution in [2.24, 2.45) is 0 Å². The molecule has 0 aliphatic heterocycles. The van der Waals surface area contributed by atoms with Gasteiger partial charge in [-0.1, -0.05) is 58.4 Å². The van der Waals surface area contributed by atoms with Gasteiger partial charge in [-0.25, -0.2) is 17.2 Å². The highest BCUT2D eigenvalue weighted by atomic mass is 79.9. The second kappa shape index (κ2) is 13.2. The van der Waals surface area contributed by atoms with Crippen LogP contribution in [0.25, 0.3) is 0 Å². The van der Waals surface area contributed by atoms with Gasteiger partial charge in [-0.2, -0.15) is 0 Å². The van der Waals surface area contributed by atoms with Crippen molar-refractivity contribution in [3.63, 3.8) is 0 Å². The molecule has 2 amide bonds. The van der Waals surface area contributed by atoms with Gasteiger partial charge in [-0.15, -0.1) is 0 Å². The first kappa shape index (κ1) is 30.2. The lowest BCUT2D eigenvalue weighted by atomic mass is 10.0. The number of amides is 2. The minimum atomic E-state index is -4.09. The van der Waals surface area contributed by atoms with Crippen molar-refractivity contribution in [2.75, 3.05) is 17.1 Å². The Morgan fingerprint density at radius 1 is 0.923 bits per heavy atom. The third kappa shape index (κ3) is 8.59. The number of carbonyl (C=O) groups is 2. The van der Waals surface area contributed by atoms with Crippen molar-refractivity contribution in [1.29, 1.82) is 0 Å². The predicted molar refractivity (Wildman–Crippen MR) is 150 cm³/mol. The number of anilines is 1. The van der Waals surface area contributed by atoms with Crippen LogP contribution in [-0.4, -0.2) is 50.0 Å². The summed E-state index contributed by atoms with van der Waals surface area (Å²) < 4.78 is 54.4. The van der Waals surface area contributed by atoms with E-state index in [0.717, 1.165) is 34.5 Å². The van der Waals surface area contributed by atoms with Gasteiger partial charge in [-0.3, -0.25) is 13.9 Å². The molecular formula is C28H30BrF2N3O4S. The molecule has 0 aliphatic carbocycles. The minimum absolute atomic E-state index is 0.00330. The van der Waals surface area contributed by atoms with Crippen molar-refractivity contribution in [2.45, 2.75) is 38.9 Å². The van der Waals surface area contributed by atoms with E-state index in [-0.39, 0.29) is 24.7 Å². The maximum atomic E-state index is 14.0. The molecule has 0 saturated carbocycles. The van der Waals surface area contributed by atoms with E-state index in [1.165, 1.54) is 4.90 Å². The second-order valence-electron chi connectivity index (χ2n) is 9.39. The van der Waals surface area contributed by atoms with E-state index in [4.69, 9.17) is 0 Å². The van der Waals surface area contributed by atoms with Gasteiger partial charge in [0.1, 0.15) is 12.6 Å². The fourth-order valence-electron chi connectivity index (χ4n) is 4.02. The van der Waals surface area contributed by atoms with Crippen LogP contribution < -0.4 is 9.62 Å². The van der Waals surface area contributed by atoms with Gasteiger partial charge in [0, 0.05) is 29.5 Å². The maximum absolute atomic E-state index is 14.0. The van der Waals surface area contributed by atoms with Crippen molar-refractivity contribution in [3.05, 3.63) is 100 Å². The Morgan fingerprint density at radius 2 is 1.59 bits per heavy atom. The Balaban J connectivity index is 2.07. The van der Waals surface area contributed by atoms with E-state index >= 15 is 0 Å². The number of hydrogen-bond acceptors (Lipinski definition) is 4. The molecule has 1 N–H and O–H groups in total. The number of nitrogens with one attached hydrogen (secondary N) is 1. The molecule has 0 aromatic heterocycles. The summed E-state index contributed by atoms with van der Waals surface area (Å²) in [5.74, 6) is -3.50. The molecule has 3 rings (SSSR count). The van der Waals surface area contributed by atoms with E-state index in [0.29, 0.717) is 9.87 Å². The average molecular weight is 623 g/mol. The molecular weight excluding hydrogens is 592 g/mol. The zero-order valence-corrected chi connectivity index (χ0v) is 24.2. The number of rotatable bonds is 11. The van der Waals surface area contributed by atoms with Crippen molar-refractivity contribution in [1.82, 2.24) is 10.2 Å². The topological polar surface area (TPSA) is 86.8 Å². The first-order valence-corrected chi connectivity index (χ1v) is 14.8. The highest BCUT2D eigenvalue weighted by molar-refractivity contribution is 9.10. The number of hydrogen-bond donors (Lipinski definition) is 1. The van der Waals surface area contributed by atoms with Crippen LogP contribution in [0.2, 0.25) is 0 Å². The summed E-state index contributed by atoms with van der Waals surface area (Å²) in [6.45, 7) is 2.87. The molecule has 0 spiro atoms. The molecule has 208 valence electrons. The Bertz CT molecular complexity index is 1420. The van der Waals surface area contributed by atoms with Crippen molar-refractivity contribution >= 4 is 43.5 Å². The Kier molecular flexibility index (Phi) is 10.2. The largest absolute Gasteiger partial charge is 0.352 e. The van der Waals surface area contributed by atoms with E-state index in [2.05, 4.69) is 21.2 Å². The fraction of sp³-hybridized carbons (Fsp3) is 0.286. The van der Waals surface area contributed by atoms with Crippen LogP contribution >= 0.6 is 15.9 Å². The van der Waals surface area contributed by atoms with Gasteiger partial charge in [0.2, 0.25) is 21.8 Å². The molecule has 0 aliphatic rings. The summed E-state index contributed by atoms with van der Waals surface area (Å²) in [7, 11) is -4.09. The van der Waals surface area contributed by atoms with Crippen LogP contribution in [-0.2, 0) is 32.6 Å². The lowest BCUT2D eigenvalue weighted by molar-refractivity contribution is -0.140. The first-order valence-electron chi connectivity index (χ1n) is 12.2. The van der Waals surface area contributed by atoms with Crippen LogP contribution in [0, 0.1) is 11.6 Å². The molecule has 7 nitrogen and oxygen atoms in total. The van der Waals surface area contributed by atoms with Gasteiger partial charge in [0.25, 0.3) is 0 Å². The van der Waals surface area contributed by atoms with Gasteiger partial charge in [0.05, 0.1) is 11.9 Å². The van der Waals surface area contributed by atoms with Gasteiger partial charge in [-0.05, 0) is 49.2 Å². The highest BCUT2D eigenvalue weighted by Gasteiger charge is 2.33. The molecule has 3 aromatic rings. The predicted octanol–water partition coefficient (Wildman–Crippen LogP) is 4.66. The van der Waals surface area contributed by atoms with Gasteiger partial charge < -0.3 is 10.2 Å². The maximum Gasteiger partial charge on any atom is 0.244 e. The molecule has 11 heteroatoms. The van der Waals surface area contributed by atoms with Crippen molar-refractivity contribution in [3.8, 4) is 0 Å². The quantitative estimate of drug-likeness (QED) is 0.337. The monoisotopic (exact) mass is 621 g/mol. The minimum Gasteiger partial charge on any atom is -0.352 e. The van der Waals surface area contributed by atoms with Crippen LogP contribution in [0.3, 0.4) is 0 Å². The highest BCUT2D eigenvalue weighted by Crippen LogP contribution is 2.23. The van der Waals surface area contributed by atoms with Crippen LogP contribution in [0.5, 0.6) is 0 Å². The summed E-state index contributed by atoms with van der Waals surface area (Å²) in [5.41, 5.74) is 1.29. The Labute approximate surface area is 236 Å². The Hall–Kier alpha value is -3.31. The number of sulfonamides is 1. The smallest absolute Gasteiger partial charge is 0.244 e. The summed E-state index contributed by atoms with van der Waals surface area (Å²) in [5, 5.41) is 2.86. The summed E-state index contributed by atoms with van der Waals surface area (Å²) in [4.78, 5) is 28.7. The van der Waals surface area contributed by atoms with E-state index < -0.39 is 46.1 Å². The molecule has 0 fully saturated rings. The standard InChI is InChI=1S/C28H30BrF2N3O4S/c1-19(2)32-28(36)26(15-20-8-5-4-6-9-20)33(17-21-10-7-11-22(29)14-21)27(35)18-34(39(3,37)38)23-12-13-24(30)25(31)16-23/h4-14,16,19,26H,15,17-18H2,1-3H3,(H,32,36)/t26-/m1/s1. The molecule has 0 unspecified atom stereocenters. The van der Waals surface area contributed by atoms with Crippen LogP contribution in [0.15, 0.2) is 77.3 Å². The van der Waals surface area contributed by atoms with E-state index in [1.807, 2.05) is 36.4 Å². The lowest BCUT2D eigenvalue weighted by Gasteiger charge is -2.34. The van der Waals surface area contributed by atoms with E-state index in [9.17, 15) is 26.8 Å². The number of carbonyl (C=O) groups excluding carboxylic acids is 2. The number of benzene rings is 3. The van der Waals surface area contributed by atoms with Gasteiger partial charge >= 0.3 is 0 Å². The molecule has 39 heavy (non-hydrogen) atoms. The Morgan fingerprint density at radius 3 is 2.18 bits per heavy atom. The molecule has 3 aromatic carbocycles. The summed E-state index contributed by atoms with van der Waals surface area (Å²) in [6.07, 6.45) is 1.04. The second-order valence-corrected chi connectivity index (χ2v) is 12.2. The fourth-order valence-corrected chi connectivity index (χ4v) is 5.31. The average Bonchev–Trinajstić information content (AvgIpc) is 2.86. The zero-order chi connectivity index (χ0) is 28.7.